The molecule has 1 saturated carbocycles. The van der Waals surface area contributed by atoms with E-state index in [0.29, 0.717) is 24.0 Å². The van der Waals surface area contributed by atoms with Crippen LogP contribution in [0.5, 0.6) is 11.5 Å². The first-order valence-electron chi connectivity index (χ1n) is 9.19. The fourth-order valence-corrected chi connectivity index (χ4v) is 4.92. The first-order chi connectivity index (χ1) is 12.9. The second kappa shape index (κ2) is 7.90. The molecule has 0 spiro atoms. The molecule has 0 bridgehead atoms. The van der Waals surface area contributed by atoms with Crippen molar-refractivity contribution in [2.45, 2.75) is 50.1 Å². The summed E-state index contributed by atoms with van der Waals surface area (Å²) in [6.45, 7) is 4.64. The molecular weight excluding hydrogens is 362 g/mol. The number of methoxy groups -OCH3 is 2. The Hall–Kier alpha value is -2.05. The summed E-state index contributed by atoms with van der Waals surface area (Å²) >= 11 is 0. The molecule has 1 aliphatic carbocycles. The minimum absolute atomic E-state index is 0.0377. The quantitative estimate of drug-likeness (QED) is 0.680. The minimum atomic E-state index is -3.71. The molecule has 0 atom stereocenters. The van der Waals surface area contributed by atoms with Crippen molar-refractivity contribution >= 4 is 10.0 Å². The van der Waals surface area contributed by atoms with Gasteiger partial charge in [-0.2, -0.15) is 4.31 Å². The standard InChI is InChI=1S/C21H27NO4S/c1-15(2)17-7-5-16(6-8-17)14-22(18-9-10-18)27(23,24)21-13-19(25-3)11-12-20(21)26-4/h5-8,11-13,15,18H,9-10,14H2,1-4H3. The van der Waals surface area contributed by atoms with Crippen molar-refractivity contribution < 1.29 is 17.9 Å². The third-order valence-electron chi connectivity index (χ3n) is 4.90. The van der Waals surface area contributed by atoms with Crippen LogP contribution in [0.15, 0.2) is 47.4 Å². The lowest BCUT2D eigenvalue weighted by molar-refractivity contribution is 0.376. The first-order valence-corrected chi connectivity index (χ1v) is 10.6. The zero-order valence-corrected chi connectivity index (χ0v) is 17.1. The van der Waals surface area contributed by atoms with Crippen molar-refractivity contribution in [1.82, 2.24) is 4.31 Å². The van der Waals surface area contributed by atoms with Crippen LogP contribution in [0.2, 0.25) is 0 Å². The second-order valence-corrected chi connectivity index (χ2v) is 9.05. The van der Waals surface area contributed by atoms with Crippen LogP contribution in [0.4, 0.5) is 0 Å². The number of hydrogen-bond acceptors (Lipinski definition) is 4. The van der Waals surface area contributed by atoms with E-state index in [1.165, 1.54) is 25.8 Å². The number of hydrogen-bond donors (Lipinski definition) is 0. The maximum Gasteiger partial charge on any atom is 0.247 e. The molecule has 5 nitrogen and oxygen atoms in total. The predicted molar refractivity (Wildman–Crippen MR) is 106 cm³/mol. The summed E-state index contributed by atoms with van der Waals surface area (Å²) < 4.78 is 39.0. The van der Waals surface area contributed by atoms with Gasteiger partial charge in [-0.1, -0.05) is 38.1 Å². The van der Waals surface area contributed by atoms with E-state index in [2.05, 4.69) is 26.0 Å². The Balaban J connectivity index is 1.94. The molecule has 0 N–H and O–H groups in total. The number of sulfonamides is 1. The van der Waals surface area contributed by atoms with Crippen molar-refractivity contribution in [2.75, 3.05) is 14.2 Å². The average molecular weight is 390 g/mol. The fourth-order valence-electron chi connectivity index (χ4n) is 3.07. The Morgan fingerprint density at radius 2 is 1.70 bits per heavy atom. The molecule has 0 heterocycles. The Morgan fingerprint density at radius 3 is 2.22 bits per heavy atom. The van der Waals surface area contributed by atoms with Crippen molar-refractivity contribution in [1.29, 1.82) is 0 Å². The number of benzene rings is 2. The van der Waals surface area contributed by atoms with Crippen molar-refractivity contribution in [3.63, 3.8) is 0 Å². The molecule has 0 unspecified atom stereocenters. The zero-order valence-electron chi connectivity index (χ0n) is 16.3. The summed E-state index contributed by atoms with van der Waals surface area (Å²) in [6, 6.07) is 13.1. The molecule has 1 aliphatic rings. The van der Waals surface area contributed by atoms with Gasteiger partial charge in [0.1, 0.15) is 16.4 Å². The lowest BCUT2D eigenvalue weighted by atomic mass is 10.0. The van der Waals surface area contributed by atoms with Gasteiger partial charge in [-0.3, -0.25) is 0 Å². The van der Waals surface area contributed by atoms with Gasteiger partial charge in [0.2, 0.25) is 10.0 Å². The van der Waals surface area contributed by atoms with E-state index in [4.69, 9.17) is 9.47 Å². The van der Waals surface area contributed by atoms with Gasteiger partial charge in [0.15, 0.2) is 0 Å². The first kappa shape index (κ1) is 19.7. The summed E-state index contributed by atoms with van der Waals surface area (Å²) in [5.74, 6) is 1.27. The highest BCUT2D eigenvalue weighted by Crippen LogP contribution is 2.37. The van der Waals surface area contributed by atoms with Crippen LogP contribution in [0.25, 0.3) is 0 Å². The van der Waals surface area contributed by atoms with Gasteiger partial charge in [0.25, 0.3) is 0 Å². The number of nitrogens with zero attached hydrogens (tertiary/aromatic N) is 1. The molecule has 3 rings (SSSR count). The third-order valence-corrected chi connectivity index (χ3v) is 6.82. The minimum Gasteiger partial charge on any atom is -0.497 e. The van der Waals surface area contributed by atoms with Gasteiger partial charge < -0.3 is 9.47 Å². The molecule has 0 radical (unpaired) electrons. The molecule has 2 aromatic rings. The van der Waals surface area contributed by atoms with E-state index in [1.807, 2.05) is 12.1 Å². The summed E-state index contributed by atoms with van der Waals surface area (Å²) in [6.07, 6.45) is 1.77. The molecule has 1 fully saturated rings. The summed E-state index contributed by atoms with van der Waals surface area (Å²) in [5.41, 5.74) is 2.23. The highest BCUT2D eigenvalue weighted by molar-refractivity contribution is 7.89. The third kappa shape index (κ3) is 4.28. The molecule has 27 heavy (non-hydrogen) atoms. The number of ether oxygens (including phenoxy) is 2. The van der Waals surface area contributed by atoms with E-state index in [-0.39, 0.29) is 10.9 Å². The monoisotopic (exact) mass is 389 g/mol. The van der Waals surface area contributed by atoms with Crippen LogP contribution in [0, 0.1) is 0 Å². The van der Waals surface area contributed by atoms with Gasteiger partial charge >= 0.3 is 0 Å². The van der Waals surface area contributed by atoms with Gasteiger partial charge in [-0.05, 0) is 42.0 Å². The van der Waals surface area contributed by atoms with E-state index in [1.54, 1.807) is 16.4 Å². The SMILES string of the molecule is COc1ccc(OC)c(S(=O)(=O)N(Cc2ccc(C(C)C)cc2)C2CC2)c1. The largest absolute Gasteiger partial charge is 0.497 e. The average Bonchev–Trinajstić information content (AvgIpc) is 3.50. The van der Waals surface area contributed by atoms with E-state index in [0.717, 1.165) is 18.4 Å². The normalized spacial score (nSPS) is 14.6. The summed E-state index contributed by atoms with van der Waals surface area (Å²) in [7, 11) is -0.709. The van der Waals surface area contributed by atoms with Crippen molar-refractivity contribution in [3.05, 3.63) is 53.6 Å². The molecule has 0 saturated heterocycles. The van der Waals surface area contributed by atoms with Gasteiger partial charge in [-0.15, -0.1) is 0 Å². The lowest BCUT2D eigenvalue weighted by Gasteiger charge is -2.23. The van der Waals surface area contributed by atoms with Gasteiger partial charge in [-0.25, -0.2) is 8.42 Å². The zero-order chi connectivity index (χ0) is 19.6. The van der Waals surface area contributed by atoms with Crippen LogP contribution >= 0.6 is 0 Å². The van der Waals surface area contributed by atoms with Crippen molar-refractivity contribution in [3.8, 4) is 11.5 Å². The molecule has 0 amide bonds. The maximum absolute atomic E-state index is 13.4. The highest BCUT2D eigenvalue weighted by Gasteiger charge is 2.39. The summed E-state index contributed by atoms with van der Waals surface area (Å²) in [4.78, 5) is 0.148. The lowest BCUT2D eigenvalue weighted by Crippen LogP contribution is -2.33. The molecular formula is C21H27NO4S. The fraction of sp³-hybridized carbons (Fsp3) is 0.429. The van der Waals surface area contributed by atoms with Crippen LogP contribution in [0.3, 0.4) is 0 Å². The van der Waals surface area contributed by atoms with Crippen LogP contribution in [0.1, 0.15) is 43.7 Å². The highest BCUT2D eigenvalue weighted by atomic mass is 32.2. The topological polar surface area (TPSA) is 55.8 Å². The van der Waals surface area contributed by atoms with Crippen LogP contribution in [-0.2, 0) is 16.6 Å². The van der Waals surface area contributed by atoms with E-state index >= 15 is 0 Å². The smallest absolute Gasteiger partial charge is 0.247 e. The van der Waals surface area contributed by atoms with E-state index < -0.39 is 10.0 Å². The maximum atomic E-state index is 13.4. The molecule has 6 heteroatoms. The Kier molecular flexibility index (Phi) is 5.77. The van der Waals surface area contributed by atoms with Crippen LogP contribution in [-0.4, -0.2) is 33.0 Å². The molecule has 146 valence electrons. The Bertz CT molecular complexity index is 887. The Labute approximate surface area is 162 Å². The van der Waals surface area contributed by atoms with Gasteiger partial charge in [0, 0.05) is 18.7 Å². The second-order valence-electron chi connectivity index (χ2n) is 7.19. The van der Waals surface area contributed by atoms with Crippen LogP contribution < -0.4 is 9.47 Å². The number of rotatable bonds is 8. The van der Waals surface area contributed by atoms with E-state index in [9.17, 15) is 8.42 Å². The molecule has 0 aliphatic heterocycles. The van der Waals surface area contributed by atoms with Crippen molar-refractivity contribution in [2.24, 2.45) is 0 Å². The summed E-state index contributed by atoms with van der Waals surface area (Å²) in [5, 5.41) is 0. The molecule has 0 aromatic heterocycles. The Morgan fingerprint density at radius 1 is 1.04 bits per heavy atom. The van der Waals surface area contributed by atoms with Gasteiger partial charge in [0.05, 0.1) is 14.2 Å². The molecule has 2 aromatic carbocycles. The predicted octanol–water partition coefficient (Wildman–Crippen LogP) is 4.18.